The standard InChI is InChI=1S/C23H25F4N3OS/c1-30(12-4-2-3-5-13-31)21-11-10-18(14-19(21)23(25,26)27)28-22-29-20(15-32-22)16-6-8-17(24)9-7-16/h6-11,14-15,31H,2-5,12-13H2,1H3,(H,28,29). The van der Waals surface area contributed by atoms with Gasteiger partial charge in [0.15, 0.2) is 5.13 Å². The van der Waals surface area contributed by atoms with E-state index in [0.717, 1.165) is 30.9 Å². The van der Waals surface area contributed by atoms with Gasteiger partial charge in [-0.25, -0.2) is 9.37 Å². The monoisotopic (exact) mass is 467 g/mol. The second-order valence-corrected chi connectivity index (χ2v) is 8.32. The van der Waals surface area contributed by atoms with Crippen LogP contribution in [0.3, 0.4) is 0 Å². The molecule has 2 aromatic carbocycles. The minimum Gasteiger partial charge on any atom is -0.396 e. The molecule has 3 aromatic rings. The molecule has 0 aliphatic carbocycles. The van der Waals surface area contributed by atoms with Gasteiger partial charge in [0.25, 0.3) is 0 Å². The number of hydrogen-bond donors (Lipinski definition) is 2. The fraction of sp³-hybridized carbons (Fsp3) is 0.348. The molecule has 1 aromatic heterocycles. The second-order valence-electron chi connectivity index (χ2n) is 7.46. The third kappa shape index (κ3) is 6.43. The molecule has 0 atom stereocenters. The van der Waals surface area contributed by atoms with Gasteiger partial charge >= 0.3 is 6.18 Å². The number of nitrogens with one attached hydrogen (secondary N) is 1. The van der Waals surface area contributed by atoms with Gasteiger partial charge < -0.3 is 15.3 Å². The van der Waals surface area contributed by atoms with E-state index in [2.05, 4.69) is 10.3 Å². The Hall–Kier alpha value is -2.65. The van der Waals surface area contributed by atoms with Crippen molar-refractivity contribution in [1.82, 2.24) is 4.98 Å². The summed E-state index contributed by atoms with van der Waals surface area (Å²) < 4.78 is 54.3. The van der Waals surface area contributed by atoms with E-state index in [1.165, 1.54) is 29.5 Å². The highest BCUT2D eigenvalue weighted by Crippen LogP contribution is 2.39. The van der Waals surface area contributed by atoms with Crippen molar-refractivity contribution in [2.24, 2.45) is 0 Å². The first-order valence-corrected chi connectivity index (χ1v) is 11.2. The maximum absolute atomic E-state index is 13.7. The lowest BCUT2D eigenvalue weighted by atomic mass is 10.1. The average molecular weight is 468 g/mol. The Labute approximate surface area is 188 Å². The Kier molecular flexibility index (Phi) is 8.09. The topological polar surface area (TPSA) is 48.4 Å². The quantitative estimate of drug-likeness (QED) is 0.257. The lowest BCUT2D eigenvalue weighted by Crippen LogP contribution is -2.22. The third-order valence-electron chi connectivity index (χ3n) is 5.01. The maximum Gasteiger partial charge on any atom is 0.418 e. The minimum atomic E-state index is -4.50. The van der Waals surface area contributed by atoms with Crippen molar-refractivity contribution in [1.29, 1.82) is 0 Å². The molecule has 0 saturated carbocycles. The van der Waals surface area contributed by atoms with E-state index in [-0.39, 0.29) is 23.8 Å². The maximum atomic E-state index is 13.7. The van der Waals surface area contributed by atoms with Gasteiger partial charge in [0, 0.05) is 42.5 Å². The number of aliphatic hydroxyl groups is 1. The van der Waals surface area contributed by atoms with Gasteiger partial charge in [-0.1, -0.05) is 12.8 Å². The van der Waals surface area contributed by atoms with Crippen LogP contribution in [0, 0.1) is 5.82 Å². The molecule has 0 aliphatic rings. The molecular formula is C23H25F4N3OS. The van der Waals surface area contributed by atoms with Gasteiger partial charge in [0.2, 0.25) is 0 Å². The molecule has 0 unspecified atom stereocenters. The van der Waals surface area contributed by atoms with Crippen molar-refractivity contribution in [3.05, 3.63) is 59.2 Å². The van der Waals surface area contributed by atoms with E-state index in [4.69, 9.17) is 5.11 Å². The van der Waals surface area contributed by atoms with Crippen molar-refractivity contribution in [3.8, 4) is 11.3 Å². The normalized spacial score (nSPS) is 11.6. The van der Waals surface area contributed by atoms with Crippen molar-refractivity contribution in [2.75, 3.05) is 30.4 Å². The molecule has 2 N–H and O–H groups in total. The Balaban J connectivity index is 1.73. The number of nitrogens with zero attached hydrogens (tertiary/aromatic N) is 2. The predicted molar refractivity (Wildman–Crippen MR) is 121 cm³/mol. The summed E-state index contributed by atoms with van der Waals surface area (Å²) in [4.78, 5) is 6.01. The lowest BCUT2D eigenvalue weighted by molar-refractivity contribution is -0.137. The van der Waals surface area contributed by atoms with E-state index in [0.29, 0.717) is 23.8 Å². The van der Waals surface area contributed by atoms with Crippen molar-refractivity contribution >= 4 is 27.8 Å². The third-order valence-corrected chi connectivity index (χ3v) is 5.77. The highest BCUT2D eigenvalue weighted by molar-refractivity contribution is 7.14. The molecule has 0 fully saturated rings. The predicted octanol–water partition coefficient (Wildman–Crippen LogP) is 6.70. The Bertz CT molecular complexity index is 1010. The molecule has 3 rings (SSSR count). The van der Waals surface area contributed by atoms with Gasteiger partial charge in [-0.05, 0) is 55.3 Å². The molecule has 172 valence electrons. The van der Waals surface area contributed by atoms with E-state index in [1.807, 2.05) is 0 Å². The smallest absolute Gasteiger partial charge is 0.396 e. The Morgan fingerprint density at radius 2 is 1.75 bits per heavy atom. The van der Waals surface area contributed by atoms with Crippen LogP contribution in [0.4, 0.5) is 34.1 Å². The molecule has 1 heterocycles. The average Bonchev–Trinajstić information content (AvgIpc) is 3.21. The molecule has 0 saturated heterocycles. The number of hydrogen-bond acceptors (Lipinski definition) is 5. The molecular weight excluding hydrogens is 442 g/mol. The van der Waals surface area contributed by atoms with Gasteiger partial charge in [0.05, 0.1) is 11.3 Å². The molecule has 0 bridgehead atoms. The summed E-state index contributed by atoms with van der Waals surface area (Å²) in [6.45, 7) is 0.627. The number of aliphatic hydroxyl groups excluding tert-OH is 1. The molecule has 0 aliphatic heterocycles. The first-order chi connectivity index (χ1) is 15.3. The number of benzene rings is 2. The molecule has 32 heavy (non-hydrogen) atoms. The Morgan fingerprint density at radius 1 is 1.03 bits per heavy atom. The summed E-state index contributed by atoms with van der Waals surface area (Å²) in [7, 11) is 1.65. The zero-order valence-electron chi connectivity index (χ0n) is 17.6. The number of halogens is 4. The summed E-state index contributed by atoms with van der Waals surface area (Å²) in [5.74, 6) is -0.350. The number of rotatable bonds is 10. The van der Waals surface area contributed by atoms with Crippen LogP contribution in [0.5, 0.6) is 0 Å². The number of alkyl halides is 3. The summed E-state index contributed by atoms with van der Waals surface area (Å²) in [6, 6.07) is 10.0. The summed E-state index contributed by atoms with van der Waals surface area (Å²) in [5, 5.41) is 14.0. The van der Waals surface area contributed by atoms with Crippen LogP contribution in [-0.2, 0) is 6.18 Å². The van der Waals surface area contributed by atoms with E-state index in [1.54, 1.807) is 35.5 Å². The summed E-state index contributed by atoms with van der Waals surface area (Å²) in [6.07, 6.45) is -1.34. The van der Waals surface area contributed by atoms with Gasteiger partial charge in [-0.3, -0.25) is 0 Å². The van der Waals surface area contributed by atoms with Gasteiger partial charge in [-0.2, -0.15) is 13.2 Å². The van der Waals surface area contributed by atoms with Crippen LogP contribution >= 0.6 is 11.3 Å². The fourth-order valence-corrected chi connectivity index (χ4v) is 4.06. The van der Waals surface area contributed by atoms with Crippen LogP contribution in [0.1, 0.15) is 31.2 Å². The van der Waals surface area contributed by atoms with Crippen LogP contribution in [0.2, 0.25) is 0 Å². The van der Waals surface area contributed by atoms with Gasteiger partial charge in [-0.15, -0.1) is 11.3 Å². The highest BCUT2D eigenvalue weighted by atomic mass is 32.1. The molecule has 4 nitrogen and oxygen atoms in total. The minimum absolute atomic E-state index is 0.122. The molecule has 0 radical (unpaired) electrons. The molecule has 9 heteroatoms. The Morgan fingerprint density at radius 3 is 2.44 bits per heavy atom. The summed E-state index contributed by atoms with van der Waals surface area (Å²) >= 11 is 1.26. The zero-order chi connectivity index (χ0) is 23.1. The fourth-order valence-electron chi connectivity index (χ4n) is 3.32. The van der Waals surface area contributed by atoms with E-state index < -0.39 is 11.7 Å². The number of aromatic nitrogens is 1. The first-order valence-electron chi connectivity index (χ1n) is 10.3. The number of unbranched alkanes of at least 4 members (excludes halogenated alkanes) is 3. The number of thiazole rings is 1. The van der Waals surface area contributed by atoms with Crippen molar-refractivity contribution < 1.29 is 22.7 Å². The van der Waals surface area contributed by atoms with Crippen molar-refractivity contribution in [2.45, 2.75) is 31.9 Å². The van der Waals surface area contributed by atoms with Crippen molar-refractivity contribution in [3.63, 3.8) is 0 Å². The molecule has 0 spiro atoms. The molecule has 0 amide bonds. The second kappa shape index (κ2) is 10.8. The van der Waals surface area contributed by atoms with Crippen LogP contribution < -0.4 is 10.2 Å². The lowest BCUT2D eigenvalue weighted by Gasteiger charge is -2.24. The SMILES string of the molecule is CN(CCCCCCO)c1ccc(Nc2nc(-c3ccc(F)cc3)cs2)cc1C(F)(F)F. The van der Waals surface area contributed by atoms with Crippen LogP contribution in [0.25, 0.3) is 11.3 Å². The van der Waals surface area contributed by atoms with E-state index in [9.17, 15) is 17.6 Å². The largest absolute Gasteiger partial charge is 0.418 e. The number of anilines is 3. The highest BCUT2D eigenvalue weighted by Gasteiger charge is 2.34. The first kappa shape index (κ1) is 24.0. The van der Waals surface area contributed by atoms with Crippen LogP contribution in [0.15, 0.2) is 47.8 Å². The van der Waals surface area contributed by atoms with Gasteiger partial charge in [0.1, 0.15) is 5.82 Å². The van der Waals surface area contributed by atoms with Crippen LogP contribution in [-0.4, -0.2) is 30.3 Å². The van der Waals surface area contributed by atoms with E-state index >= 15 is 0 Å². The zero-order valence-corrected chi connectivity index (χ0v) is 18.4. The summed E-state index contributed by atoms with van der Waals surface area (Å²) in [5.41, 5.74) is 1.04.